The van der Waals surface area contributed by atoms with E-state index in [1.807, 2.05) is 6.92 Å². The van der Waals surface area contributed by atoms with Gasteiger partial charge in [-0.15, -0.1) is 0 Å². The van der Waals surface area contributed by atoms with Crippen molar-refractivity contribution in [3.63, 3.8) is 0 Å². The molecule has 0 amide bonds. The Morgan fingerprint density at radius 3 is 1.87 bits per heavy atom. The smallest absolute Gasteiger partial charge is 0.334 e. The van der Waals surface area contributed by atoms with Gasteiger partial charge in [0.2, 0.25) is 0 Å². The lowest BCUT2D eigenvalue weighted by molar-refractivity contribution is 0.176. The van der Waals surface area contributed by atoms with Crippen LogP contribution in [0.1, 0.15) is 45.4 Å². The number of H-pyrrole nitrogens is 2. The summed E-state index contributed by atoms with van der Waals surface area (Å²) < 4.78 is 11.8. The molecule has 3 rings (SSSR count). The summed E-state index contributed by atoms with van der Waals surface area (Å²) in [6.45, 7) is 3.51. The molecular formula is C15H23N3O5. The van der Waals surface area contributed by atoms with Crippen LogP contribution in [0.2, 0.25) is 0 Å². The molecular weight excluding hydrogens is 302 g/mol. The lowest BCUT2D eigenvalue weighted by Crippen LogP contribution is -2.53. The molecule has 2 aliphatic heterocycles. The van der Waals surface area contributed by atoms with Crippen molar-refractivity contribution in [3.8, 4) is 0 Å². The van der Waals surface area contributed by atoms with Crippen molar-refractivity contribution in [1.82, 2.24) is 14.5 Å². The van der Waals surface area contributed by atoms with Crippen LogP contribution in [0.15, 0.2) is 14.4 Å². The number of nitrogens with one attached hydrogen (secondary N) is 2. The number of nitrogens with zero attached hydrogens (tertiary/aromatic N) is 1. The van der Waals surface area contributed by atoms with Gasteiger partial charge in [0.25, 0.3) is 0 Å². The van der Waals surface area contributed by atoms with Gasteiger partial charge in [-0.1, -0.05) is 13.3 Å². The second-order valence-electron chi connectivity index (χ2n) is 6.49. The fraction of sp³-hybridized carbons (Fsp3) is 0.800. The molecule has 2 unspecified atom stereocenters. The Morgan fingerprint density at radius 1 is 1.00 bits per heavy atom. The lowest BCUT2D eigenvalue weighted by atomic mass is 9.82. The molecule has 2 atom stereocenters. The van der Waals surface area contributed by atoms with Gasteiger partial charge in [-0.05, 0) is 32.1 Å². The van der Waals surface area contributed by atoms with Crippen LogP contribution in [-0.4, -0.2) is 40.0 Å². The first kappa shape index (κ1) is 16.2. The van der Waals surface area contributed by atoms with Crippen LogP contribution < -0.4 is 17.1 Å². The number of rotatable bonds is 9. The number of aromatic amines is 2. The van der Waals surface area contributed by atoms with Crippen molar-refractivity contribution < 1.29 is 9.47 Å². The minimum absolute atomic E-state index is 0.223. The maximum atomic E-state index is 12.3. The summed E-state index contributed by atoms with van der Waals surface area (Å²) in [6.07, 6.45) is 4.93. The molecule has 23 heavy (non-hydrogen) atoms. The van der Waals surface area contributed by atoms with Gasteiger partial charge in [-0.2, -0.15) is 0 Å². The summed E-state index contributed by atoms with van der Waals surface area (Å²) in [4.78, 5) is 40.4. The first-order chi connectivity index (χ1) is 11.0. The van der Waals surface area contributed by atoms with Gasteiger partial charge in [-0.3, -0.25) is 9.97 Å². The molecule has 1 aromatic rings. The van der Waals surface area contributed by atoms with Gasteiger partial charge in [0.1, 0.15) is 0 Å². The van der Waals surface area contributed by atoms with Crippen molar-refractivity contribution in [1.29, 1.82) is 0 Å². The molecule has 128 valence electrons. The Hall–Kier alpha value is -1.67. The van der Waals surface area contributed by atoms with E-state index in [2.05, 4.69) is 9.97 Å². The molecule has 0 spiro atoms. The summed E-state index contributed by atoms with van der Waals surface area (Å²) in [5, 5.41) is 0. The van der Waals surface area contributed by atoms with Crippen LogP contribution in [0.4, 0.5) is 0 Å². The molecule has 0 aliphatic carbocycles. The molecule has 3 heterocycles. The molecule has 1 aromatic heterocycles. The highest BCUT2D eigenvalue weighted by Crippen LogP contribution is 2.36. The zero-order valence-corrected chi connectivity index (χ0v) is 13.3. The van der Waals surface area contributed by atoms with Gasteiger partial charge in [0.15, 0.2) is 0 Å². The quantitative estimate of drug-likeness (QED) is 0.624. The van der Waals surface area contributed by atoms with Crippen LogP contribution in [-0.2, 0) is 15.0 Å². The fourth-order valence-electron chi connectivity index (χ4n) is 3.36. The summed E-state index contributed by atoms with van der Waals surface area (Å²) in [5.41, 5.74) is -2.65. The highest BCUT2D eigenvalue weighted by Gasteiger charge is 2.38. The van der Waals surface area contributed by atoms with E-state index in [0.29, 0.717) is 19.3 Å². The van der Waals surface area contributed by atoms with Crippen LogP contribution in [0, 0.1) is 0 Å². The normalized spacial score (nSPS) is 25.1. The Bertz CT molecular complexity index is 661. The van der Waals surface area contributed by atoms with Crippen LogP contribution in [0.25, 0.3) is 0 Å². The molecule has 0 radical (unpaired) electrons. The van der Waals surface area contributed by atoms with Gasteiger partial charge in [0, 0.05) is 0 Å². The number of hydrogen-bond acceptors (Lipinski definition) is 5. The van der Waals surface area contributed by atoms with E-state index in [4.69, 9.17) is 9.47 Å². The second kappa shape index (κ2) is 6.45. The number of ether oxygens (including phenoxy) is 2. The average Bonchev–Trinajstić information content (AvgIpc) is 3.36. The third-order valence-corrected chi connectivity index (χ3v) is 4.70. The van der Waals surface area contributed by atoms with E-state index in [0.717, 1.165) is 32.5 Å². The first-order valence-electron chi connectivity index (χ1n) is 8.23. The van der Waals surface area contributed by atoms with Gasteiger partial charge in [-0.25, -0.2) is 19.0 Å². The minimum atomic E-state index is -0.766. The molecule has 0 saturated carbocycles. The van der Waals surface area contributed by atoms with Crippen LogP contribution in [0.5, 0.6) is 0 Å². The van der Waals surface area contributed by atoms with E-state index in [1.54, 1.807) is 0 Å². The van der Waals surface area contributed by atoms with Crippen molar-refractivity contribution in [3.05, 3.63) is 31.5 Å². The molecule has 2 fully saturated rings. The van der Waals surface area contributed by atoms with Crippen molar-refractivity contribution in [2.24, 2.45) is 0 Å². The maximum Gasteiger partial charge on any atom is 0.334 e. The molecule has 0 bridgehead atoms. The van der Waals surface area contributed by atoms with Crippen molar-refractivity contribution in [2.75, 3.05) is 13.2 Å². The third kappa shape index (κ3) is 3.81. The van der Waals surface area contributed by atoms with E-state index >= 15 is 0 Å². The van der Waals surface area contributed by atoms with Crippen LogP contribution in [0.3, 0.4) is 0 Å². The van der Waals surface area contributed by atoms with Crippen molar-refractivity contribution in [2.45, 2.75) is 63.2 Å². The Balaban J connectivity index is 1.97. The standard InChI is InChI=1S/C15H23N3O5/c1-2-5-15(6-3-10-8-22-10,7-4-11-9-23-11)18-13(20)16-12(19)17-14(18)21/h10-11H,2-9H2,1H3,(H2,16,17,19,20,21). The van der Waals surface area contributed by atoms with Gasteiger partial charge < -0.3 is 9.47 Å². The predicted octanol–water partition coefficient (Wildman–Crippen LogP) is 0.0783. The zero-order chi connectivity index (χ0) is 16.4. The topological polar surface area (TPSA) is 113 Å². The minimum Gasteiger partial charge on any atom is -0.373 e. The predicted molar refractivity (Wildman–Crippen MR) is 82.8 cm³/mol. The number of epoxide rings is 2. The molecule has 2 aliphatic rings. The largest absolute Gasteiger partial charge is 0.373 e. The number of aromatic nitrogens is 3. The Kier molecular flexibility index (Phi) is 4.54. The van der Waals surface area contributed by atoms with Crippen LogP contribution >= 0.6 is 0 Å². The van der Waals surface area contributed by atoms with Crippen molar-refractivity contribution >= 4 is 0 Å². The zero-order valence-electron chi connectivity index (χ0n) is 13.3. The fourth-order valence-corrected chi connectivity index (χ4v) is 3.36. The van der Waals surface area contributed by atoms with E-state index in [-0.39, 0.29) is 12.2 Å². The van der Waals surface area contributed by atoms with E-state index < -0.39 is 22.6 Å². The van der Waals surface area contributed by atoms with E-state index in [1.165, 1.54) is 4.57 Å². The Morgan fingerprint density at radius 2 is 1.48 bits per heavy atom. The molecule has 2 saturated heterocycles. The molecule has 8 nitrogen and oxygen atoms in total. The number of hydrogen-bond donors (Lipinski definition) is 2. The van der Waals surface area contributed by atoms with Gasteiger partial charge >= 0.3 is 17.1 Å². The summed E-state index contributed by atoms with van der Waals surface area (Å²) in [5.74, 6) is 0. The molecule has 0 aromatic carbocycles. The maximum absolute atomic E-state index is 12.3. The molecule has 2 N–H and O–H groups in total. The Labute approximate surface area is 132 Å². The summed E-state index contributed by atoms with van der Waals surface area (Å²) in [7, 11) is 0. The van der Waals surface area contributed by atoms with Gasteiger partial charge in [0.05, 0.1) is 31.0 Å². The highest BCUT2D eigenvalue weighted by molar-refractivity contribution is 4.92. The second-order valence-corrected chi connectivity index (χ2v) is 6.49. The molecule has 8 heteroatoms. The SMILES string of the molecule is CCCC(CCC1CO1)(CCC1CO1)n1c(=O)[nH]c(=O)[nH]c1=O. The first-order valence-corrected chi connectivity index (χ1v) is 8.23. The third-order valence-electron chi connectivity index (χ3n) is 4.70. The van der Waals surface area contributed by atoms with E-state index in [9.17, 15) is 14.4 Å². The summed E-state index contributed by atoms with van der Waals surface area (Å²) >= 11 is 0. The summed E-state index contributed by atoms with van der Waals surface area (Å²) in [6, 6.07) is 0. The lowest BCUT2D eigenvalue weighted by Gasteiger charge is -2.34. The average molecular weight is 325 g/mol. The highest BCUT2D eigenvalue weighted by atomic mass is 16.6. The monoisotopic (exact) mass is 325 g/mol.